The van der Waals surface area contributed by atoms with Crippen LogP contribution in [0.3, 0.4) is 0 Å². The molecular weight excluding hydrogens is 264 g/mol. The summed E-state index contributed by atoms with van der Waals surface area (Å²) in [6.07, 6.45) is 4.10. The number of ether oxygens (including phenoxy) is 1. The summed E-state index contributed by atoms with van der Waals surface area (Å²) in [5.41, 5.74) is 1.04. The zero-order valence-electron chi connectivity index (χ0n) is 13.7. The van der Waals surface area contributed by atoms with Gasteiger partial charge in [0.25, 0.3) is 0 Å². The molecule has 1 aromatic rings. The van der Waals surface area contributed by atoms with Gasteiger partial charge >= 0.3 is 0 Å². The molecule has 0 radical (unpaired) electrons. The Kier molecular flexibility index (Phi) is 5.79. The van der Waals surface area contributed by atoms with Crippen molar-refractivity contribution in [2.75, 3.05) is 31.1 Å². The predicted molar refractivity (Wildman–Crippen MR) is 86.0 cm³/mol. The van der Waals surface area contributed by atoms with Crippen molar-refractivity contribution in [3.63, 3.8) is 0 Å². The molecule has 2 heterocycles. The van der Waals surface area contributed by atoms with Gasteiger partial charge in [-0.3, -0.25) is 0 Å². The highest BCUT2D eigenvalue weighted by molar-refractivity contribution is 5.50. The van der Waals surface area contributed by atoms with E-state index >= 15 is 0 Å². The number of rotatable bonds is 6. The van der Waals surface area contributed by atoms with Gasteiger partial charge in [0.1, 0.15) is 12.1 Å². The van der Waals surface area contributed by atoms with E-state index in [0.29, 0.717) is 18.5 Å². The monoisotopic (exact) mass is 292 g/mol. The standard InChI is InChI=1S/C16H28N4O/c1-5-21-16-13(4)15(18-11-19-16)20(12(2)3)10-14-6-8-17-9-7-14/h11-12,14,17H,5-10H2,1-4H3. The molecule has 1 fully saturated rings. The SMILES string of the molecule is CCOc1ncnc(N(CC2CCNCC2)C(C)C)c1C. The van der Waals surface area contributed by atoms with Crippen molar-refractivity contribution in [2.45, 2.75) is 46.6 Å². The van der Waals surface area contributed by atoms with Gasteiger partial charge in [-0.2, -0.15) is 0 Å². The van der Waals surface area contributed by atoms with Crippen LogP contribution in [-0.2, 0) is 0 Å². The summed E-state index contributed by atoms with van der Waals surface area (Å²) in [5.74, 6) is 2.46. The zero-order valence-corrected chi connectivity index (χ0v) is 13.7. The summed E-state index contributed by atoms with van der Waals surface area (Å²) < 4.78 is 5.61. The van der Waals surface area contributed by atoms with E-state index in [1.54, 1.807) is 6.33 Å². The maximum Gasteiger partial charge on any atom is 0.221 e. The van der Waals surface area contributed by atoms with Gasteiger partial charge in [-0.1, -0.05) is 0 Å². The number of nitrogens with one attached hydrogen (secondary N) is 1. The lowest BCUT2D eigenvalue weighted by Gasteiger charge is -2.34. The Hall–Kier alpha value is -1.36. The van der Waals surface area contributed by atoms with E-state index in [0.717, 1.165) is 36.9 Å². The minimum absolute atomic E-state index is 0.419. The molecule has 0 bridgehead atoms. The van der Waals surface area contributed by atoms with Crippen molar-refractivity contribution in [2.24, 2.45) is 5.92 Å². The molecule has 118 valence electrons. The fourth-order valence-corrected chi connectivity index (χ4v) is 2.88. The molecule has 2 rings (SSSR count). The van der Waals surface area contributed by atoms with Crippen LogP contribution in [0.2, 0.25) is 0 Å². The molecule has 0 unspecified atom stereocenters. The molecular formula is C16H28N4O. The maximum atomic E-state index is 5.61. The van der Waals surface area contributed by atoms with E-state index in [1.165, 1.54) is 12.8 Å². The Bertz CT molecular complexity index is 444. The average molecular weight is 292 g/mol. The fourth-order valence-electron chi connectivity index (χ4n) is 2.88. The molecule has 1 aliphatic heterocycles. The van der Waals surface area contributed by atoms with Crippen LogP contribution in [0.1, 0.15) is 39.2 Å². The lowest BCUT2D eigenvalue weighted by Crippen LogP contribution is -2.40. The third-order valence-electron chi connectivity index (χ3n) is 4.10. The summed E-state index contributed by atoms with van der Waals surface area (Å²) in [7, 11) is 0. The van der Waals surface area contributed by atoms with Gasteiger partial charge < -0.3 is 15.0 Å². The topological polar surface area (TPSA) is 50.3 Å². The first-order chi connectivity index (χ1) is 10.1. The van der Waals surface area contributed by atoms with E-state index in [4.69, 9.17) is 4.74 Å². The Balaban J connectivity index is 2.19. The molecule has 1 saturated heterocycles. The van der Waals surface area contributed by atoms with Gasteiger partial charge in [0.15, 0.2) is 0 Å². The summed E-state index contributed by atoms with van der Waals surface area (Å²) in [5, 5.41) is 3.43. The molecule has 0 aliphatic carbocycles. The summed E-state index contributed by atoms with van der Waals surface area (Å²) >= 11 is 0. The molecule has 21 heavy (non-hydrogen) atoms. The normalized spacial score (nSPS) is 16.2. The van der Waals surface area contributed by atoms with Gasteiger partial charge in [-0.15, -0.1) is 0 Å². The minimum Gasteiger partial charge on any atom is -0.478 e. The molecule has 0 amide bonds. The smallest absolute Gasteiger partial charge is 0.221 e. The third kappa shape index (κ3) is 4.06. The summed E-state index contributed by atoms with van der Waals surface area (Å²) in [6.45, 7) is 12.4. The molecule has 1 aliphatic rings. The fraction of sp³-hybridized carbons (Fsp3) is 0.750. The van der Waals surface area contributed by atoms with Crippen LogP contribution < -0.4 is 15.0 Å². The second-order valence-corrected chi connectivity index (χ2v) is 6.00. The van der Waals surface area contributed by atoms with Crippen LogP contribution in [0.4, 0.5) is 5.82 Å². The van der Waals surface area contributed by atoms with Gasteiger partial charge in [0.2, 0.25) is 5.88 Å². The largest absolute Gasteiger partial charge is 0.478 e. The molecule has 0 saturated carbocycles. The number of anilines is 1. The molecule has 1 aromatic heterocycles. The quantitative estimate of drug-likeness (QED) is 0.872. The van der Waals surface area contributed by atoms with Crippen molar-refractivity contribution in [1.82, 2.24) is 15.3 Å². The van der Waals surface area contributed by atoms with E-state index in [1.807, 2.05) is 6.92 Å². The Labute approximate surface area is 128 Å². The first kappa shape index (κ1) is 16.0. The van der Waals surface area contributed by atoms with Crippen molar-refractivity contribution < 1.29 is 4.74 Å². The van der Waals surface area contributed by atoms with Crippen LogP contribution in [0.15, 0.2) is 6.33 Å². The number of piperidine rings is 1. The van der Waals surface area contributed by atoms with Gasteiger partial charge in [-0.05, 0) is 59.5 Å². The van der Waals surface area contributed by atoms with E-state index < -0.39 is 0 Å². The Morgan fingerprint density at radius 3 is 2.67 bits per heavy atom. The first-order valence-corrected chi connectivity index (χ1v) is 8.05. The van der Waals surface area contributed by atoms with Crippen LogP contribution in [0, 0.1) is 12.8 Å². The van der Waals surface area contributed by atoms with E-state index in [9.17, 15) is 0 Å². The van der Waals surface area contributed by atoms with Crippen molar-refractivity contribution in [1.29, 1.82) is 0 Å². The number of hydrogen-bond donors (Lipinski definition) is 1. The molecule has 5 heteroatoms. The van der Waals surface area contributed by atoms with Crippen LogP contribution >= 0.6 is 0 Å². The second-order valence-electron chi connectivity index (χ2n) is 6.00. The van der Waals surface area contributed by atoms with Gasteiger partial charge in [0, 0.05) is 12.6 Å². The van der Waals surface area contributed by atoms with Crippen LogP contribution in [-0.4, -0.2) is 42.3 Å². The first-order valence-electron chi connectivity index (χ1n) is 8.05. The summed E-state index contributed by atoms with van der Waals surface area (Å²) in [4.78, 5) is 11.2. The van der Waals surface area contributed by atoms with Gasteiger partial charge in [-0.25, -0.2) is 9.97 Å². The highest BCUT2D eigenvalue weighted by Crippen LogP contribution is 2.27. The maximum absolute atomic E-state index is 5.61. The molecule has 1 N–H and O–H groups in total. The van der Waals surface area contributed by atoms with Crippen molar-refractivity contribution >= 4 is 5.82 Å². The Morgan fingerprint density at radius 2 is 2.05 bits per heavy atom. The number of aromatic nitrogens is 2. The van der Waals surface area contributed by atoms with E-state index in [-0.39, 0.29) is 0 Å². The second kappa shape index (κ2) is 7.59. The lowest BCUT2D eigenvalue weighted by molar-refractivity contribution is 0.323. The predicted octanol–water partition coefficient (Wildman–Crippen LogP) is 2.40. The molecule has 0 aromatic carbocycles. The van der Waals surface area contributed by atoms with Crippen LogP contribution in [0.25, 0.3) is 0 Å². The highest BCUT2D eigenvalue weighted by atomic mass is 16.5. The third-order valence-corrected chi connectivity index (χ3v) is 4.10. The number of hydrogen-bond acceptors (Lipinski definition) is 5. The lowest BCUT2D eigenvalue weighted by atomic mass is 9.97. The van der Waals surface area contributed by atoms with Crippen molar-refractivity contribution in [3.05, 3.63) is 11.9 Å². The van der Waals surface area contributed by atoms with Crippen LogP contribution in [0.5, 0.6) is 5.88 Å². The Morgan fingerprint density at radius 1 is 1.33 bits per heavy atom. The van der Waals surface area contributed by atoms with E-state index in [2.05, 4.69) is 41.0 Å². The zero-order chi connectivity index (χ0) is 15.2. The van der Waals surface area contributed by atoms with Gasteiger partial charge in [0.05, 0.1) is 12.2 Å². The molecule has 0 atom stereocenters. The molecule has 0 spiro atoms. The number of nitrogens with zero attached hydrogens (tertiary/aromatic N) is 3. The summed E-state index contributed by atoms with van der Waals surface area (Å²) in [6, 6.07) is 0.419. The van der Waals surface area contributed by atoms with Crippen molar-refractivity contribution in [3.8, 4) is 5.88 Å². The average Bonchev–Trinajstić information content (AvgIpc) is 2.48. The molecule has 5 nitrogen and oxygen atoms in total. The highest BCUT2D eigenvalue weighted by Gasteiger charge is 2.22. The minimum atomic E-state index is 0.419.